The van der Waals surface area contributed by atoms with Gasteiger partial charge in [-0.15, -0.1) is 11.8 Å². The number of aryl methyl sites for hydroxylation is 1. The number of rotatable bonds is 2. The molecule has 5 heteroatoms. The van der Waals surface area contributed by atoms with E-state index in [1.54, 1.807) is 6.26 Å². The topological polar surface area (TPSA) is 45.5 Å². The van der Waals surface area contributed by atoms with Crippen molar-refractivity contribution in [3.05, 3.63) is 54.0 Å². The number of hydrogen-bond donors (Lipinski definition) is 1. The second kappa shape index (κ2) is 6.92. The van der Waals surface area contributed by atoms with Gasteiger partial charge in [-0.25, -0.2) is 4.79 Å². The monoisotopic (exact) mass is 316 g/mol. The first-order chi connectivity index (χ1) is 10.7. The van der Waals surface area contributed by atoms with Crippen LogP contribution in [0.3, 0.4) is 0 Å². The van der Waals surface area contributed by atoms with Gasteiger partial charge in [-0.2, -0.15) is 0 Å². The van der Waals surface area contributed by atoms with Crippen LogP contribution < -0.4 is 5.32 Å². The highest BCUT2D eigenvalue weighted by Gasteiger charge is 2.23. The first-order valence-corrected chi connectivity index (χ1v) is 8.55. The zero-order chi connectivity index (χ0) is 15.4. The molecule has 1 atom stereocenters. The molecule has 1 unspecified atom stereocenters. The second-order valence-electron chi connectivity index (χ2n) is 5.45. The summed E-state index contributed by atoms with van der Waals surface area (Å²) in [7, 11) is 0. The van der Waals surface area contributed by atoms with E-state index in [1.165, 1.54) is 5.56 Å². The smallest absolute Gasteiger partial charge is 0.321 e. The van der Waals surface area contributed by atoms with Crippen LogP contribution in [0.15, 0.2) is 47.1 Å². The van der Waals surface area contributed by atoms with Crippen molar-refractivity contribution in [1.29, 1.82) is 0 Å². The molecule has 0 spiro atoms. The summed E-state index contributed by atoms with van der Waals surface area (Å²) < 4.78 is 5.49. The van der Waals surface area contributed by atoms with E-state index in [4.69, 9.17) is 4.42 Å². The highest BCUT2D eigenvalue weighted by atomic mass is 32.2. The lowest BCUT2D eigenvalue weighted by atomic mass is 10.2. The number of nitrogens with one attached hydrogen (secondary N) is 1. The van der Waals surface area contributed by atoms with Crippen molar-refractivity contribution in [3.8, 4) is 0 Å². The fourth-order valence-corrected chi connectivity index (χ4v) is 3.70. The molecule has 2 amide bonds. The quantitative estimate of drug-likeness (QED) is 0.898. The highest BCUT2D eigenvalue weighted by Crippen LogP contribution is 2.34. The lowest BCUT2D eigenvalue weighted by Gasteiger charge is -2.20. The molecule has 1 fully saturated rings. The molecule has 1 N–H and O–H groups in total. The summed E-state index contributed by atoms with van der Waals surface area (Å²) >= 11 is 1.86. The number of amides is 2. The van der Waals surface area contributed by atoms with Crippen LogP contribution >= 0.6 is 11.8 Å². The SMILES string of the molecule is Cc1ccc(NC(=O)N2CCSC(c3ccco3)CC2)cc1. The van der Waals surface area contributed by atoms with E-state index in [2.05, 4.69) is 5.32 Å². The van der Waals surface area contributed by atoms with E-state index >= 15 is 0 Å². The summed E-state index contributed by atoms with van der Waals surface area (Å²) in [6.07, 6.45) is 2.63. The number of carbonyl (C=O) groups is 1. The Morgan fingerprint density at radius 2 is 2.09 bits per heavy atom. The number of furan rings is 1. The van der Waals surface area contributed by atoms with E-state index < -0.39 is 0 Å². The minimum atomic E-state index is -0.0236. The summed E-state index contributed by atoms with van der Waals surface area (Å²) in [5, 5.41) is 3.31. The van der Waals surface area contributed by atoms with Gasteiger partial charge in [0.1, 0.15) is 5.76 Å². The Kier molecular flexibility index (Phi) is 4.73. The molecule has 1 saturated heterocycles. The summed E-state index contributed by atoms with van der Waals surface area (Å²) in [5.74, 6) is 1.93. The van der Waals surface area contributed by atoms with Gasteiger partial charge in [0.25, 0.3) is 0 Å². The van der Waals surface area contributed by atoms with Crippen molar-refractivity contribution in [3.63, 3.8) is 0 Å². The van der Waals surface area contributed by atoms with Crippen molar-refractivity contribution in [2.45, 2.75) is 18.6 Å². The molecule has 2 aromatic rings. The van der Waals surface area contributed by atoms with Crippen molar-refractivity contribution < 1.29 is 9.21 Å². The third kappa shape index (κ3) is 3.65. The predicted octanol–water partition coefficient (Wildman–Crippen LogP) is 4.30. The van der Waals surface area contributed by atoms with Gasteiger partial charge in [-0.1, -0.05) is 17.7 Å². The fraction of sp³-hybridized carbons (Fsp3) is 0.353. The molecule has 0 saturated carbocycles. The Morgan fingerprint density at radius 1 is 1.27 bits per heavy atom. The standard InChI is InChI=1S/C17H20N2O2S/c1-13-4-6-14(7-5-13)18-17(20)19-9-8-16(22-12-10-19)15-3-2-11-21-15/h2-7,11,16H,8-10,12H2,1H3,(H,18,20). The molecule has 22 heavy (non-hydrogen) atoms. The number of benzene rings is 1. The van der Waals surface area contributed by atoms with Crippen LogP contribution in [0.4, 0.5) is 10.5 Å². The average molecular weight is 316 g/mol. The Balaban J connectivity index is 1.58. The molecule has 1 aromatic carbocycles. The Bertz CT molecular complexity index is 610. The first-order valence-electron chi connectivity index (χ1n) is 7.50. The maximum Gasteiger partial charge on any atom is 0.321 e. The molecule has 1 aliphatic rings. The van der Waals surface area contributed by atoms with E-state index in [9.17, 15) is 4.79 Å². The molecule has 4 nitrogen and oxygen atoms in total. The Morgan fingerprint density at radius 3 is 2.82 bits per heavy atom. The van der Waals surface area contributed by atoms with Crippen LogP contribution in [0.2, 0.25) is 0 Å². The third-order valence-electron chi connectivity index (χ3n) is 3.79. The van der Waals surface area contributed by atoms with Gasteiger partial charge in [-0.3, -0.25) is 0 Å². The average Bonchev–Trinajstić information content (AvgIpc) is 2.94. The van der Waals surface area contributed by atoms with Gasteiger partial charge >= 0.3 is 6.03 Å². The van der Waals surface area contributed by atoms with Gasteiger partial charge in [-0.05, 0) is 37.6 Å². The summed E-state index contributed by atoms with van der Waals surface area (Å²) in [5.41, 5.74) is 2.03. The van der Waals surface area contributed by atoms with Crippen molar-refractivity contribution in [2.24, 2.45) is 0 Å². The van der Waals surface area contributed by atoms with E-state index in [0.717, 1.165) is 36.7 Å². The fourth-order valence-electron chi connectivity index (χ4n) is 2.51. The number of hydrogen-bond acceptors (Lipinski definition) is 3. The molecule has 1 aliphatic heterocycles. The lowest BCUT2D eigenvalue weighted by Crippen LogP contribution is -2.36. The Labute approximate surface area is 134 Å². The van der Waals surface area contributed by atoms with E-state index in [1.807, 2.05) is 60.0 Å². The minimum Gasteiger partial charge on any atom is -0.468 e. The Hall–Kier alpha value is -1.88. The molecule has 116 valence electrons. The van der Waals surface area contributed by atoms with Gasteiger partial charge in [0.15, 0.2) is 0 Å². The number of carbonyl (C=O) groups excluding carboxylic acids is 1. The van der Waals surface area contributed by atoms with Crippen LogP contribution in [0.1, 0.15) is 23.0 Å². The number of nitrogens with zero attached hydrogens (tertiary/aromatic N) is 1. The second-order valence-corrected chi connectivity index (χ2v) is 6.76. The normalized spacial score (nSPS) is 18.8. The highest BCUT2D eigenvalue weighted by molar-refractivity contribution is 7.99. The molecule has 0 radical (unpaired) electrons. The molecule has 2 heterocycles. The van der Waals surface area contributed by atoms with Crippen LogP contribution in [-0.2, 0) is 0 Å². The van der Waals surface area contributed by atoms with Crippen molar-refractivity contribution in [1.82, 2.24) is 4.90 Å². The maximum atomic E-state index is 12.4. The van der Waals surface area contributed by atoms with Gasteiger partial charge < -0.3 is 14.6 Å². The van der Waals surface area contributed by atoms with Gasteiger partial charge in [0.2, 0.25) is 0 Å². The molecular formula is C17H20N2O2S. The number of anilines is 1. The summed E-state index contributed by atoms with van der Waals surface area (Å²) in [6.45, 7) is 3.54. The molecule has 0 bridgehead atoms. The predicted molar refractivity (Wildman–Crippen MR) is 90.3 cm³/mol. The number of thioether (sulfide) groups is 1. The zero-order valence-electron chi connectivity index (χ0n) is 12.6. The molecule has 0 aliphatic carbocycles. The van der Waals surface area contributed by atoms with Crippen molar-refractivity contribution >= 4 is 23.5 Å². The lowest BCUT2D eigenvalue weighted by molar-refractivity contribution is 0.214. The first kappa shape index (κ1) is 15.0. The molecule has 3 rings (SSSR count). The van der Waals surface area contributed by atoms with Crippen LogP contribution in [-0.4, -0.2) is 29.8 Å². The molecular weight excluding hydrogens is 296 g/mol. The number of urea groups is 1. The largest absolute Gasteiger partial charge is 0.468 e. The zero-order valence-corrected chi connectivity index (χ0v) is 13.4. The van der Waals surface area contributed by atoms with Crippen LogP contribution in [0.25, 0.3) is 0 Å². The van der Waals surface area contributed by atoms with Crippen LogP contribution in [0.5, 0.6) is 0 Å². The van der Waals surface area contributed by atoms with E-state index in [-0.39, 0.29) is 6.03 Å². The van der Waals surface area contributed by atoms with Crippen molar-refractivity contribution in [2.75, 3.05) is 24.2 Å². The minimum absolute atomic E-state index is 0.0236. The molecule has 1 aromatic heterocycles. The summed E-state index contributed by atoms with van der Waals surface area (Å²) in [6, 6.07) is 11.8. The van der Waals surface area contributed by atoms with Crippen LogP contribution in [0, 0.1) is 6.92 Å². The third-order valence-corrected chi connectivity index (χ3v) is 5.08. The van der Waals surface area contributed by atoms with Gasteiger partial charge in [0, 0.05) is 24.5 Å². The van der Waals surface area contributed by atoms with E-state index in [0.29, 0.717) is 5.25 Å². The summed E-state index contributed by atoms with van der Waals surface area (Å²) in [4.78, 5) is 14.3. The maximum absolute atomic E-state index is 12.4. The van der Waals surface area contributed by atoms with Gasteiger partial charge in [0.05, 0.1) is 11.5 Å².